The summed E-state index contributed by atoms with van der Waals surface area (Å²) in [6.45, 7) is 4.31. The standard InChI is InChI=1S/C16H15BrN4O2/c1-10-6-7-15(13(17)8-10)23-9-12-11(2)4-3-5-14(12)21-16(22)18-19-20-21/h3-8H,9H2,1-2H3,(H,18,20,22). The minimum Gasteiger partial charge on any atom is -0.488 e. The SMILES string of the molecule is Cc1ccc(OCc2c(C)cccc2-n2nn[nH]c2=O)c(Br)c1. The van der Waals surface area contributed by atoms with Crippen molar-refractivity contribution in [2.75, 3.05) is 0 Å². The Morgan fingerprint density at radius 3 is 2.78 bits per heavy atom. The first-order valence-corrected chi connectivity index (χ1v) is 7.84. The summed E-state index contributed by atoms with van der Waals surface area (Å²) in [7, 11) is 0. The van der Waals surface area contributed by atoms with E-state index >= 15 is 0 Å². The molecule has 0 aliphatic rings. The molecule has 0 aliphatic carbocycles. The van der Waals surface area contributed by atoms with Crippen molar-refractivity contribution in [2.45, 2.75) is 20.5 Å². The number of rotatable bonds is 4. The van der Waals surface area contributed by atoms with Gasteiger partial charge in [-0.25, -0.2) is 9.89 Å². The Morgan fingerprint density at radius 2 is 2.09 bits per heavy atom. The fraction of sp³-hybridized carbons (Fsp3) is 0.188. The summed E-state index contributed by atoms with van der Waals surface area (Å²) in [4.78, 5) is 11.8. The number of ether oxygens (including phenoxy) is 1. The summed E-state index contributed by atoms with van der Waals surface area (Å²) < 4.78 is 8.04. The van der Waals surface area contributed by atoms with Gasteiger partial charge in [0.15, 0.2) is 0 Å². The lowest BCUT2D eigenvalue weighted by molar-refractivity contribution is 0.302. The molecule has 0 bridgehead atoms. The maximum atomic E-state index is 11.8. The van der Waals surface area contributed by atoms with Crippen molar-refractivity contribution >= 4 is 15.9 Å². The molecule has 0 saturated heterocycles. The third kappa shape index (κ3) is 3.19. The summed E-state index contributed by atoms with van der Waals surface area (Å²) >= 11 is 3.50. The zero-order valence-electron chi connectivity index (χ0n) is 12.7. The molecule has 6 nitrogen and oxygen atoms in total. The molecule has 0 aliphatic heterocycles. The lowest BCUT2D eigenvalue weighted by atomic mass is 10.1. The van der Waals surface area contributed by atoms with Crippen molar-refractivity contribution < 1.29 is 4.74 Å². The van der Waals surface area contributed by atoms with Gasteiger partial charge in [-0.2, -0.15) is 4.68 Å². The molecule has 23 heavy (non-hydrogen) atoms. The van der Waals surface area contributed by atoms with Crippen LogP contribution < -0.4 is 10.4 Å². The largest absolute Gasteiger partial charge is 0.488 e. The van der Waals surface area contributed by atoms with Gasteiger partial charge in [0.2, 0.25) is 0 Å². The smallest absolute Gasteiger partial charge is 0.365 e. The predicted octanol–water partition coefficient (Wildman–Crippen LogP) is 2.91. The van der Waals surface area contributed by atoms with Crippen LogP contribution in [-0.2, 0) is 6.61 Å². The van der Waals surface area contributed by atoms with Crippen LogP contribution in [0.1, 0.15) is 16.7 Å². The van der Waals surface area contributed by atoms with E-state index in [4.69, 9.17) is 4.74 Å². The van der Waals surface area contributed by atoms with Gasteiger partial charge in [0.05, 0.1) is 10.2 Å². The Hall–Kier alpha value is -2.41. The number of aromatic amines is 1. The Bertz CT molecular complexity index is 901. The molecule has 3 aromatic rings. The van der Waals surface area contributed by atoms with Crippen molar-refractivity contribution in [3.05, 3.63) is 68.0 Å². The number of benzene rings is 2. The van der Waals surface area contributed by atoms with Gasteiger partial charge < -0.3 is 4.74 Å². The Morgan fingerprint density at radius 1 is 1.26 bits per heavy atom. The average Bonchev–Trinajstić information content (AvgIpc) is 2.93. The summed E-state index contributed by atoms with van der Waals surface area (Å²) in [5, 5.41) is 9.64. The van der Waals surface area contributed by atoms with Gasteiger partial charge in [-0.3, -0.25) is 0 Å². The van der Waals surface area contributed by atoms with Crippen molar-refractivity contribution in [3.63, 3.8) is 0 Å². The second-order valence-corrected chi connectivity index (χ2v) is 6.07. The van der Waals surface area contributed by atoms with E-state index in [9.17, 15) is 4.79 Å². The Kier molecular flexibility index (Phi) is 4.29. The monoisotopic (exact) mass is 374 g/mol. The lowest BCUT2D eigenvalue weighted by Crippen LogP contribution is -2.18. The molecule has 0 saturated carbocycles. The molecule has 0 amide bonds. The van der Waals surface area contributed by atoms with Crippen molar-refractivity contribution in [2.24, 2.45) is 0 Å². The molecule has 1 heterocycles. The third-order valence-electron chi connectivity index (χ3n) is 3.55. The highest BCUT2D eigenvalue weighted by molar-refractivity contribution is 9.10. The molecule has 3 rings (SSSR count). The van der Waals surface area contributed by atoms with Gasteiger partial charge in [0, 0.05) is 5.56 Å². The number of halogens is 1. The van der Waals surface area contributed by atoms with Crippen molar-refractivity contribution in [3.8, 4) is 11.4 Å². The maximum absolute atomic E-state index is 11.8. The molecule has 0 radical (unpaired) electrons. The number of hydrogen-bond acceptors (Lipinski definition) is 4. The number of nitrogens with zero attached hydrogens (tertiary/aromatic N) is 3. The number of aromatic nitrogens is 4. The molecule has 1 aromatic heterocycles. The zero-order chi connectivity index (χ0) is 16.4. The number of hydrogen-bond donors (Lipinski definition) is 1. The summed E-state index contributed by atoms with van der Waals surface area (Å²) in [5.41, 5.74) is 3.33. The summed E-state index contributed by atoms with van der Waals surface area (Å²) in [5.74, 6) is 0.748. The third-order valence-corrected chi connectivity index (χ3v) is 4.16. The molecular weight excluding hydrogens is 360 g/mol. The number of nitrogens with one attached hydrogen (secondary N) is 1. The minimum atomic E-state index is -0.381. The van der Waals surface area contributed by atoms with E-state index < -0.39 is 0 Å². The van der Waals surface area contributed by atoms with E-state index in [1.165, 1.54) is 4.68 Å². The van der Waals surface area contributed by atoms with E-state index in [-0.39, 0.29) is 5.69 Å². The molecule has 2 aromatic carbocycles. The van der Waals surface area contributed by atoms with Gasteiger partial charge in [0.25, 0.3) is 0 Å². The number of aryl methyl sites for hydroxylation is 2. The van der Waals surface area contributed by atoms with Crippen LogP contribution in [0.25, 0.3) is 5.69 Å². The van der Waals surface area contributed by atoms with E-state index in [0.717, 1.165) is 26.9 Å². The molecular formula is C16H15BrN4O2. The predicted molar refractivity (Wildman–Crippen MR) is 89.9 cm³/mol. The van der Waals surface area contributed by atoms with Gasteiger partial charge in [0.1, 0.15) is 12.4 Å². The van der Waals surface area contributed by atoms with Crippen LogP contribution in [0.2, 0.25) is 0 Å². The van der Waals surface area contributed by atoms with E-state index in [2.05, 4.69) is 31.5 Å². The zero-order valence-corrected chi connectivity index (χ0v) is 14.3. The fourth-order valence-electron chi connectivity index (χ4n) is 2.30. The summed E-state index contributed by atoms with van der Waals surface area (Å²) in [6, 6.07) is 11.6. The van der Waals surface area contributed by atoms with Crippen LogP contribution in [0.5, 0.6) is 5.75 Å². The molecule has 0 fully saturated rings. The number of tetrazole rings is 1. The first-order chi connectivity index (χ1) is 11.1. The average molecular weight is 375 g/mol. The number of H-pyrrole nitrogens is 1. The van der Waals surface area contributed by atoms with Crippen LogP contribution in [0.15, 0.2) is 45.7 Å². The van der Waals surface area contributed by atoms with Crippen LogP contribution in [0.3, 0.4) is 0 Å². The highest BCUT2D eigenvalue weighted by atomic mass is 79.9. The Balaban J connectivity index is 1.94. The molecule has 0 unspecified atom stereocenters. The van der Waals surface area contributed by atoms with Gasteiger partial charge >= 0.3 is 5.69 Å². The van der Waals surface area contributed by atoms with Crippen LogP contribution >= 0.6 is 15.9 Å². The van der Waals surface area contributed by atoms with E-state index in [1.54, 1.807) is 0 Å². The van der Waals surface area contributed by atoms with Crippen LogP contribution in [0, 0.1) is 13.8 Å². The first kappa shape index (κ1) is 15.5. The molecule has 0 spiro atoms. The topological polar surface area (TPSA) is 72.8 Å². The lowest BCUT2D eigenvalue weighted by Gasteiger charge is -2.14. The minimum absolute atomic E-state index is 0.322. The molecule has 118 valence electrons. The van der Waals surface area contributed by atoms with Gasteiger partial charge in [-0.1, -0.05) is 18.2 Å². The quantitative estimate of drug-likeness (QED) is 0.761. The van der Waals surface area contributed by atoms with Gasteiger partial charge in [-0.15, -0.1) is 0 Å². The highest BCUT2D eigenvalue weighted by Gasteiger charge is 2.12. The molecule has 7 heteroatoms. The summed E-state index contributed by atoms with van der Waals surface area (Å²) in [6.07, 6.45) is 0. The fourth-order valence-corrected chi connectivity index (χ4v) is 2.91. The first-order valence-electron chi connectivity index (χ1n) is 7.04. The van der Waals surface area contributed by atoms with Crippen molar-refractivity contribution in [1.29, 1.82) is 0 Å². The van der Waals surface area contributed by atoms with Gasteiger partial charge in [-0.05, 0) is 69.5 Å². The Labute approximate surface area is 141 Å². The highest BCUT2D eigenvalue weighted by Crippen LogP contribution is 2.27. The van der Waals surface area contributed by atoms with Crippen LogP contribution in [0.4, 0.5) is 0 Å². The normalized spacial score (nSPS) is 10.7. The van der Waals surface area contributed by atoms with E-state index in [0.29, 0.717) is 12.3 Å². The van der Waals surface area contributed by atoms with Crippen LogP contribution in [-0.4, -0.2) is 20.2 Å². The van der Waals surface area contributed by atoms with Crippen molar-refractivity contribution in [1.82, 2.24) is 20.2 Å². The second-order valence-electron chi connectivity index (χ2n) is 5.21. The molecule has 0 atom stereocenters. The van der Waals surface area contributed by atoms with E-state index in [1.807, 2.05) is 50.2 Å². The maximum Gasteiger partial charge on any atom is 0.365 e. The second kappa shape index (κ2) is 6.37. The molecule has 1 N–H and O–H groups in total.